The van der Waals surface area contributed by atoms with Gasteiger partial charge in [-0.05, 0) is 11.1 Å². The molecule has 0 bridgehead atoms. The highest BCUT2D eigenvalue weighted by atomic mass is 31.1. The highest BCUT2D eigenvalue weighted by Gasteiger charge is 2.13. The van der Waals surface area contributed by atoms with Crippen LogP contribution in [0, 0.1) is 0 Å². The summed E-state index contributed by atoms with van der Waals surface area (Å²) in [5.41, 5.74) is 2.23. The monoisotopic (exact) mass is 230 g/mol. The Morgan fingerprint density at radius 2 is 2.00 bits per heavy atom. The van der Waals surface area contributed by atoms with Crippen LogP contribution in [0.4, 0.5) is 0 Å². The van der Waals surface area contributed by atoms with Gasteiger partial charge in [0.2, 0.25) is 0 Å². The quantitative estimate of drug-likeness (QED) is 0.574. The minimum atomic E-state index is -0.0844. The topological polar surface area (TPSA) is 17.1 Å². The molecule has 0 aromatic heterocycles. The Kier molecular flexibility index (Phi) is 3.99. The van der Waals surface area contributed by atoms with Gasteiger partial charge in [-0.3, -0.25) is 0 Å². The van der Waals surface area contributed by atoms with Crippen LogP contribution in [0.3, 0.4) is 0 Å². The molecule has 0 N–H and O–H groups in total. The predicted octanol–water partition coefficient (Wildman–Crippen LogP) is 2.16. The molecule has 1 rings (SSSR count). The average molecular weight is 230 g/mol. The van der Waals surface area contributed by atoms with E-state index in [0.717, 1.165) is 11.8 Å². The fourth-order valence-corrected chi connectivity index (χ4v) is 1.60. The van der Waals surface area contributed by atoms with E-state index in [-0.39, 0.29) is 4.64 Å². The third-order valence-electron chi connectivity index (χ3n) is 1.75. The van der Waals surface area contributed by atoms with Crippen LogP contribution in [-0.2, 0) is 15.9 Å². The van der Waals surface area contributed by atoms with E-state index < -0.39 is 0 Å². The Bertz CT molecular complexity index is 304. The van der Waals surface area contributed by atoms with E-state index in [1.807, 2.05) is 24.3 Å². The van der Waals surface area contributed by atoms with Crippen LogP contribution in [0.2, 0.25) is 0 Å². The summed E-state index contributed by atoms with van der Waals surface area (Å²) in [5.74, 6) is 0. The van der Waals surface area contributed by atoms with Crippen molar-refractivity contribution in [3.63, 3.8) is 0 Å². The number of carbonyl (C=O) groups is 1. The number of rotatable bonds is 3. The minimum Gasteiger partial charge on any atom is -0.303 e. The molecule has 70 valence electrons. The SMILES string of the molecule is O=CCc1cccc(C(P)(P)P)c1. The second-order valence-corrected chi connectivity index (χ2v) is 7.87. The molecule has 0 heterocycles. The zero-order valence-corrected chi connectivity index (χ0v) is 10.7. The van der Waals surface area contributed by atoms with E-state index in [1.165, 1.54) is 5.56 Å². The molecule has 3 unspecified atom stereocenters. The lowest BCUT2D eigenvalue weighted by Gasteiger charge is -2.18. The molecule has 0 fully saturated rings. The van der Waals surface area contributed by atoms with Crippen LogP contribution in [0.25, 0.3) is 0 Å². The van der Waals surface area contributed by atoms with E-state index in [0.29, 0.717) is 6.42 Å². The third-order valence-corrected chi connectivity index (χ3v) is 2.75. The Balaban J connectivity index is 2.98. The van der Waals surface area contributed by atoms with Gasteiger partial charge in [0.15, 0.2) is 0 Å². The van der Waals surface area contributed by atoms with Crippen molar-refractivity contribution in [1.29, 1.82) is 0 Å². The van der Waals surface area contributed by atoms with Gasteiger partial charge in [0, 0.05) is 11.1 Å². The number of hydrogen-bond donors (Lipinski definition) is 0. The van der Waals surface area contributed by atoms with Crippen LogP contribution < -0.4 is 0 Å². The summed E-state index contributed by atoms with van der Waals surface area (Å²) in [6.45, 7) is 0. The Hall–Kier alpha value is 0.180. The van der Waals surface area contributed by atoms with Crippen molar-refractivity contribution in [3.8, 4) is 0 Å². The van der Waals surface area contributed by atoms with Gasteiger partial charge in [0.25, 0.3) is 0 Å². The Labute approximate surface area is 85.7 Å². The summed E-state index contributed by atoms with van der Waals surface area (Å²) in [6.07, 6.45) is 1.42. The summed E-state index contributed by atoms with van der Waals surface area (Å²) in [7, 11) is 8.18. The maximum atomic E-state index is 10.3. The molecule has 1 aromatic carbocycles. The molecule has 3 atom stereocenters. The van der Waals surface area contributed by atoms with Gasteiger partial charge >= 0.3 is 0 Å². The van der Waals surface area contributed by atoms with Gasteiger partial charge in [-0.1, -0.05) is 24.3 Å². The van der Waals surface area contributed by atoms with Crippen LogP contribution in [0.1, 0.15) is 11.1 Å². The minimum absolute atomic E-state index is 0.0844. The zero-order chi connectivity index (χ0) is 9.90. The normalized spacial score (nSPS) is 11.3. The van der Waals surface area contributed by atoms with Gasteiger partial charge in [0.05, 0.1) is 0 Å². The summed E-state index contributed by atoms with van der Waals surface area (Å²) in [5, 5.41) is 0. The van der Waals surface area contributed by atoms with E-state index in [1.54, 1.807) is 0 Å². The summed E-state index contributed by atoms with van der Waals surface area (Å²) < 4.78 is -0.0844. The number of hydrogen-bond acceptors (Lipinski definition) is 1. The molecule has 0 amide bonds. The molecule has 4 heteroatoms. The average Bonchev–Trinajstić information content (AvgIpc) is 2.04. The molecule has 0 saturated heterocycles. The smallest absolute Gasteiger partial charge is 0.124 e. The Morgan fingerprint density at radius 3 is 2.54 bits per heavy atom. The maximum Gasteiger partial charge on any atom is 0.124 e. The number of benzene rings is 1. The standard InChI is InChI=1S/C9H13OP3/c10-5-4-7-2-1-3-8(6-7)9(11,12)13/h1-3,5-6H,4,11-13H2. The molecule has 0 aliphatic heterocycles. The van der Waals surface area contributed by atoms with Gasteiger partial charge in [-0.25, -0.2) is 0 Å². The van der Waals surface area contributed by atoms with E-state index >= 15 is 0 Å². The molecular formula is C9H13OP3. The highest BCUT2D eigenvalue weighted by Crippen LogP contribution is 2.44. The van der Waals surface area contributed by atoms with E-state index in [4.69, 9.17) is 0 Å². The molecular weight excluding hydrogens is 217 g/mol. The molecule has 0 radical (unpaired) electrons. The molecule has 0 aliphatic rings. The van der Waals surface area contributed by atoms with Crippen LogP contribution in [0.15, 0.2) is 24.3 Å². The number of carbonyl (C=O) groups excluding carboxylic acids is 1. The third kappa shape index (κ3) is 3.43. The Morgan fingerprint density at radius 1 is 1.31 bits per heavy atom. The summed E-state index contributed by atoms with van der Waals surface area (Å²) in [4.78, 5) is 10.3. The first-order chi connectivity index (χ1) is 6.04. The lowest BCUT2D eigenvalue weighted by Crippen LogP contribution is -1.98. The summed E-state index contributed by atoms with van der Waals surface area (Å²) in [6, 6.07) is 8.02. The van der Waals surface area contributed by atoms with Crippen LogP contribution in [0.5, 0.6) is 0 Å². The largest absolute Gasteiger partial charge is 0.303 e. The first-order valence-electron chi connectivity index (χ1n) is 3.93. The maximum absolute atomic E-state index is 10.3. The number of aldehydes is 1. The van der Waals surface area contributed by atoms with Crippen LogP contribution >= 0.6 is 27.7 Å². The molecule has 0 spiro atoms. The van der Waals surface area contributed by atoms with E-state index in [9.17, 15) is 4.79 Å². The summed E-state index contributed by atoms with van der Waals surface area (Å²) >= 11 is 0. The van der Waals surface area contributed by atoms with Crippen molar-refractivity contribution >= 4 is 34.0 Å². The van der Waals surface area contributed by atoms with Crippen molar-refractivity contribution in [3.05, 3.63) is 35.4 Å². The van der Waals surface area contributed by atoms with E-state index in [2.05, 4.69) is 27.7 Å². The van der Waals surface area contributed by atoms with Gasteiger partial charge < -0.3 is 4.79 Å². The lowest BCUT2D eigenvalue weighted by atomic mass is 10.1. The van der Waals surface area contributed by atoms with Crippen LogP contribution in [-0.4, -0.2) is 6.29 Å². The first-order valence-corrected chi connectivity index (χ1v) is 5.67. The van der Waals surface area contributed by atoms with Gasteiger partial charge in [-0.15, -0.1) is 27.7 Å². The van der Waals surface area contributed by atoms with Crippen molar-refractivity contribution in [1.82, 2.24) is 0 Å². The molecule has 1 aromatic rings. The second kappa shape index (κ2) is 4.61. The van der Waals surface area contributed by atoms with Crippen molar-refractivity contribution in [2.75, 3.05) is 0 Å². The van der Waals surface area contributed by atoms with Crippen molar-refractivity contribution < 1.29 is 4.79 Å². The molecule has 13 heavy (non-hydrogen) atoms. The first kappa shape index (κ1) is 11.3. The zero-order valence-electron chi connectivity index (χ0n) is 7.23. The fourth-order valence-electron chi connectivity index (χ4n) is 1.06. The van der Waals surface area contributed by atoms with Crippen molar-refractivity contribution in [2.45, 2.75) is 11.1 Å². The molecule has 0 aliphatic carbocycles. The van der Waals surface area contributed by atoms with Gasteiger partial charge in [0.1, 0.15) is 6.29 Å². The lowest BCUT2D eigenvalue weighted by molar-refractivity contribution is -0.107. The second-order valence-electron chi connectivity index (χ2n) is 3.00. The van der Waals surface area contributed by atoms with Crippen molar-refractivity contribution in [2.24, 2.45) is 0 Å². The highest BCUT2D eigenvalue weighted by molar-refractivity contribution is 7.56. The molecule has 1 nitrogen and oxygen atoms in total. The van der Waals surface area contributed by atoms with Gasteiger partial charge in [-0.2, -0.15) is 0 Å². The predicted molar refractivity (Wildman–Crippen MR) is 67.0 cm³/mol. The fraction of sp³-hybridized carbons (Fsp3) is 0.222. The molecule has 0 saturated carbocycles.